The molecule has 1 amide bonds. The van der Waals surface area contributed by atoms with E-state index in [2.05, 4.69) is 19.4 Å². The Balaban J connectivity index is 1.46. The number of ether oxygens (including phenoxy) is 1. The van der Waals surface area contributed by atoms with Crippen LogP contribution in [-0.4, -0.2) is 64.2 Å². The minimum Gasteiger partial charge on any atom is -0.384 e. The number of methoxy groups -OCH3 is 1. The molecule has 134 valence electrons. The maximum atomic E-state index is 12.6. The quantitative estimate of drug-likeness (QED) is 0.779. The van der Waals surface area contributed by atoms with Gasteiger partial charge in [-0.1, -0.05) is 16.8 Å². The van der Waals surface area contributed by atoms with Gasteiger partial charge in [0.25, 0.3) is 5.91 Å². The summed E-state index contributed by atoms with van der Waals surface area (Å²) in [5, 5.41) is 4.72. The summed E-state index contributed by atoms with van der Waals surface area (Å²) in [6.07, 6.45) is 2.80. The van der Waals surface area contributed by atoms with Crippen LogP contribution in [0.25, 0.3) is 0 Å². The number of rotatable bonds is 5. The number of likely N-dealkylation sites (tertiary alicyclic amines) is 1. The van der Waals surface area contributed by atoms with Gasteiger partial charge in [0.15, 0.2) is 5.15 Å². The van der Waals surface area contributed by atoms with Gasteiger partial charge in [0.1, 0.15) is 5.82 Å². The lowest BCUT2D eigenvalue weighted by Crippen LogP contribution is -2.55. The Hall–Kier alpha value is -1.71. The molecule has 4 heterocycles. The molecule has 0 saturated carbocycles. The van der Waals surface area contributed by atoms with E-state index < -0.39 is 0 Å². The second-order valence-corrected chi connectivity index (χ2v) is 7.37. The van der Waals surface area contributed by atoms with E-state index in [1.807, 2.05) is 4.90 Å². The van der Waals surface area contributed by atoms with E-state index >= 15 is 0 Å². The van der Waals surface area contributed by atoms with E-state index in [1.54, 1.807) is 7.11 Å². The summed E-state index contributed by atoms with van der Waals surface area (Å²) in [6, 6.07) is 1.97. The first-order chi connectivity index (χ1) is 12.2. The van der Waals surface area contributed by atoms with Crippen molar-refractivity contribution in [3.63, 3.8) is 0 Å². The molecular formula is C15H18ClN5O3S. The molecule has 25 heavy (non-hydrogen) atoms. The van der Waals surface area contributed by atoms with Gasteiger partial charge in [-0.3, -0.25) is 4.79 Å². The van der Waals surface area contributed by atoms with Gasteiger partial charge in [-0.15, -0.1) is 0 Å². The summed E-state index contributed by atoms with van der Waals surface area (Å²) in [5.41, 5.74) is 0. The molecule has 0 aliphatic carbocycles. The number of carbonyl (C=O) groups excluding carboxylic acids is 1. The molecular weight excluding hydrogens is 366 g/mol. The van der Waals surface area contributed by atoms with Crippen molar-refractivity contribution in [3.8, 4) is 0 Å². The highest BCUT2D eigenvalue weighted by atomic mass is 35.5. The molecule has 0 radical (unpaired) electrons. The number of anilines is 1. The third-order valence-corrected chi connectivity index (χ3v) is 5.62. The van der Waals surface area contributed by atoms with E-state index in [0.29, 0.717) is 26.1 Å². The summed E-state index contributed by atoms with van der Waals surface area (Å²) in [5.74, 6) is 0.848. The second kappa shape index (κ2) is 6.89. The maximum Gasteiger partial charge on any atom is 0.292 e. The molecule has 2 saturated heterocycles. The molecule has 2 aromatic heterocycles. The van der Waals surface area contributed by atoms with E-state index in [-0.39, 0.29) is 28.9 Å². The predicted molar refractivity (Wildman–Crippen MR) is 92.2 cm³/mol. The van der Waals surface area contributed by atoms with E-state index in [9.17, 15) is 4.79 Å². The van der Waals surface area contributed by atoms with Crippen LogP contribution < -0.4 is 4.90 Å². The molecule has 2 aliphatic rings. The fourth-order valence-electron chi connectivity index (χ4n) is 3.54. The number of fused-ring (bicyclic) bond motifs is 2. The topological polar surface area (TPSA) is 84.6 Å². The minimum absolute atomic E-state index is 0.158. The molecule has 2 fully saturated rings. The fourth-order valence-corrected chi connectivity index (χ4v) is 4.53. The van der Waals surface area contributed by atoms with Gasteiger partial charge in [0, 0.05) is 56.3 Å². The number of hydrogen-bond acceptors (Lipinski definition) is 8. The molecule has 4 rings (SSSR count). The van der Waals surface area contributed by atoms with Crippen LogP contribution in [0.5, 0.6) is 0 Å². The predicted octanol–water partition coefficient (Wildman–Crippen LogP) is 1.86. The standard InChI is InChI=1S/C15H18ClN5O3S/c1-23-5-4-13-17-15(25-19-13)21-9-2-3-10(21)8-20(7-9)14(22)11-6-12(16)18-24-11/h6,9-10H,2-5,7-8H2,1H3. The van der Waals surface area contributed by atoms with Gasteiger partial charge >= 0.3 is 0 Å². The zero-order chi connectivity index (χ0) is 17.4. The van der Waals surface area contributed by atoms with Gasteiger partial charge in [-0.05, 0) is 12.8 Å². The number of carbonyl (C=O) groups is 1. The monoisotopic (exact) mass is 383 g/mol. The van der Waals surface area contributed by atoms with Crippen molar-refractivity contribution in [1.82, 2.24) is 19.4 Å². The van der Waals surface area contributed by atoms with Crippen LogP contribution in [0.4, 0.5) is 5.13 Å². The van der Waals surface area contributed by atoms with Crippen molar-refractivity contribution < 1.29 is 14.1 Å². The first-order valence-corrected chi connectivity index (χ1v) is 9.32. The first-order valence-electron chi connectivity index (χ1n) is 8.17. The Bertz CT molecular complexity index is 752. The second-order valence-electron chi connectivity index (χ2n) is 6.25. The van der Waals surface area contributed by atoms with Crippen molar-refractivity contribution in [3.05, 3.63) is 22.8 Å². The number of hydrogen-bond donors (Lipinski definition) is 0. The molecule has 2 bridgehead atoms. The molecule has 2 aliphatic heterocycles. The van der Waals surface area contributed by atoms with Gasteiger partial charge in [-0.25, -0.2) is 4.98 Å². The Kier molecular flexibility index (Phi) is 4.61. The number of nitrogens with zero attached hydrogens (tertiary/aromatic N) is 5. The average Bonchev–Trinajstić information content (AvgIpc) is 3.30. The van der Waals surface area contributed by atoms with E-state index in [0.717, 1.165) is 23.8 Å². The van der Waals surface area contributed by atoms with Crippen LogP contribution in [-0.2, 0) is 11.2 Å². The van der Waals surface area contributed by atoms with Crippen molar-refractivity contribution in [2.45, 2.75) is 31.3 Å². The fraction of sp³-hybridized carbons (Fsp3) is 0.600. The SMILES string of the molecule is COCCc1nsc(N2C3CCC2CN(C(=O)c2cc(Cl)no2)C3)n1. The van der Waals surface area contributed by atoms with Crippen molar-refractivity contribution in [2.75, 3.05) is 31.7 Å². The maximum absolute atomic E-state index is 12.6. The summed E-state index contributed by atoms with van der Waals surface area (Å²) in [6.45, 7) is 1.90. The summed E-state index contributed by atoms with van der Waals surface area (Å²) in [4.78, 5) is 21.4. The van der Waals surface area contributed by atoms with Crippen LogP contribution in [0.2, 0.25) is 5.15 Å². The van der Waals surface area contributed by atoms with E-state index in [4.69, 9.17) is 20.9 Å². The van der Waals surface area contributed by atoms with Crippen LogP contribution in [0.3, 0.4) is 0 Å². The zero-order valence-corrected chi connectivity index (χ0v) is 15.3. The van der Waals surface area contributed by atoms with Gasteiger partial charge in [-0.2, -0.15) is 4.37 Å². The largest absolute Gasteiger partial charge is 0.384 e. The molecule has 0 spiro atoms. The molecule has 2 unspecified atom stereocenters. The minimum atomic E-state index is -0.158. The normalized spacial score (nSPS) is 22.6. The van der Waals surface area contributed by atoms with Crippen molar-refractivity contribution >= 4 is 34.2 Å². The Morgan fingerprint density at radius 2 is 2.20 bits per heavy atom. The first kappa shape index (κ1) is 16.7. The Morgan fingerprint density at radius 1 is 1.44 bits per heavy atom. The molecule has 0 N–H and O–H groups in total. The van der Waals surface area contributed by atoms with Crippen molar-refractivity contribution in [2.24, 2.45) is 0 Å². The summed E-state index contributed by atoms with van der Waals surface area (Å²) < 4.78 is 14.5. The number of halogens is 1. The number of aromatic nitrogens is 3. The van der Waals surface area contributed by atoms with E-state index in [1.165, 1.54) is 17.6 Å². The molecule has 8 nitrogen and oxygen atoms in total. The van der Waals surface area contributed by atoms with Gasteiger partial charge in [0.05, 0.1) is 6.61 Å². The average molecular weight is 384 g/mol. The summed E-state index contributed by atoms with van der Waals surface area (Å²) >= 11 is 7.17. The molecule has 2 aromatic rings. The smallest absolute Gasteiger partial charge is 0.292 e. The Labute approximate surface area is 153 Å². The van der Waals surface area contributed by atoms with Crippen LogP contribution in [0.1, 0.15) is 29.2 Å². The highest BCUT2D eigenvalue weighted by Gasteiger charge is 2.43. The molecule has 10 heteroatoms. The lowest BCUT2D eigenvalue weighted by atomic mass is 10.2. The third kappa shape index (κ3) is 3.23. The lowest BCUT2D eigenvalue weighted by Gasteiger charge is -2.40. The molecule has 2 atom stereocenters. The van der Waals surface area contributed by atoms with Gasteiger partial charge < -0.3 is 19.1 Å². The van der Waals surface area contributed by atoms with Crippen LogP contribution in [0.15, 0.2) is 10.6 Å². The summed E-state index contributed by atoms with van der Waals surface area (Å²) in [7, 11) is 1.67. The third-order valence-electron chi connectivity index (χ3n) is 4.67. The Morgan fingerprint density at radius 3 is 2.84 bits per heavy atom. The number of piperazine rings is 1. The highest BCUT2D eigenvalue weighted by molar-refractivity contribution is 7.09. The van der Waals surface area contributed by atoms with Gasteiger partial charge in [0.2, 0.25) is 10.9 Å². The van der Waals surface area contributed by atoms with Crippen LogP contribution >= 0.6 is 23.1 Å². The van der Waals surface area contributed by atoms with Crippen LogP contribution in [0, 0.1) is 0 Å². The zero-order valence-electron chi connectivity index (χ0n) is 13.7. The lowest BCUT2D eigenvalue weighted by molar-refractivity contribution is 0.0676. The number of amides is 1. The highest BCUT2D eigenvalue weighted by Crippen LogP contribution is 2.36. The molecule has 0 aromatic carbocycles. The van der Waals surface area contributed by atoms with Crippen molar-refractivity contribution in [1.29, 1.82) is 0 Å².